The van der Waals surface area contributed by atoms with Crippen molar-refractivity contribution >= 4 is 35.7 Å². The Balaban J connectivity index is 2.56. The Bertz CT molecular complexity index is 915. The maximum absolute atomic E-state index is 12.4. The predicted molar refractivity (Wildman–Crippen MR) is 131 cm³/mol. The van der Waals surface area contributed by atoms with E-state index in [0.29, 0.717) is 19.4 Å². The molecule has 0 aliphatic rings. The highest BCUT2D eigenvalue weighted by Crippen LogP contribution is 2.06. The molecule has 0 heterocycles. The lowest BCUT2D eigenvalue weighted by atomic mass is 10.1. The molecule has 0 radical (unpaired) electrons. The third-order valence-electron chi connectivity index (χ3n) is 5.16. The van der Waals surface area contributed by atoms with Gasteiger partial charge in [0.05, 0.1) is 0 Å². The quantitative estimate of drug-likeness (QED) is 0.147. The first-order valence-electron chi connectivity index (χ1n) is 11.4. The van der Waals surface area contributed by atoms with E-state index in [1.807, 2.05) is 31.2 Å². The molecule has 0 saturated carbocycles. The molecule has 0 bridgehead atoms. The van der Waals surface area contributed by atoms with Gasteiger partial charge in [-0.15, -0.1) is 0 Å². The number of nitrogens with two attached hydrogens (primary N) is 2. The fourth-order valence-corrected chi connectivity index (χ4v) is 3.05. The van der Waals surface area contributed by atoms with Gasteiger partial charge in [0.2, 0.25) is 23.6 Å². The van der Waals surface area contributed by atoms with E-state index in [1.165, 1.54) is 13.0 Å². The minimum Gasteiger partial charge on any atom is -0.480 e. The van der Waals surface area contributed by atoms with E-state index in [0.717, 1.165) is 11.1 Å². The largest absolute Gasteiger partial charge is 0.480 e. The van der Waals surface area contributed by atoms with Crippen LogP contribution in [0.3, 0.4) is 0 Å². The molecule has 1 aromatic rings. The van der Waals surface area contributed by atoms with Crippen LogP contribution < -0.4 is 27.4 Å². The lowest BCUT2D eigenvalue weighted by Crippen LogP contribution is -2.52. The molecule has 0 aliphatic carbocycles. The van der Waals surface area contributed by atoms with Gasteiger partial charge in [-0.2, -0.15) is 0 Å². The molecule has 0 aliphatic heterocycles. The van der Waals surface area contributed by atoms with Gasteiger partial charge in [0.25, 0.3) is 0 Å². The molecule has 3 atom stereocenters. The number of carbonyl (C=O) groups is 5. The number of benzene rings is 1. The van der Waals surface area contributed by atoms with Gasteiger partial charge in [0, 0.05) is 12.5 Å². The number of amides is 4. The Hall–Kier alpha value is -3.73. The molecular weight excluding hydrogens is 454 g/mol. The van der Waals surface area contributed by atoms with Gasteiger partial charge >= 0.3 is 5.97 Å². The Kier molecular flexibility index (Phi) is 12.7. The van der Waals surface area contributed by atoms with Crippen molar-refractivity contribution in [3.8, 4) is 0 Å². The standard InChI is InChI=1S/C24H35N5O6/c1-15-6-8-17(9-7-15)10-12-20(30)27-16(2)23(33)29-18(22(26)32)11-13-21(31)28-19(24(34)35)5-3-4-14-25/h6-10,12,16,18-19H,3-5,11,13-14,25H2,1-2H3,(H2,26,32)(H,27,30)(H,28,31)(H,29,33)(H,34,35)/b12-10+/t16-,18+,19?/m0/s1. The summed E-state index contributed by atoms with van der Waals surface area (Å²) in [6, 6.07) is 4.29. The van der Waals surface area contributed by atoms with Gasteiger partial charge in [-0.25, -0.2) is 4.79 Å². The first kappa shape index (κ1) is 29.3. The lowest BCUT2D eigenvalue weighted by Gasteiger charge is -2.19. The molecule has 4 amide bonds. The number of hydrogen-bond acceptors (Lipinski definition) is 6. The maximum Gasteiger partial charge on any atom is 0.326 e. The van der Waals surface area contributed by atoms with E-state index in [2.05, 4.69) is 16.0 Å². The second-order valence-electron chi connectivity index (χ2n) is 8.22. The van der Waals surface area contributed by atoms with E-state index in [-0.39, 0.29) is 19.3 Å². The van der Waals surface area contributed by atoms with Crippen LogP contribution in [0.25, 0.3) is 6.08 Å². The number of aryl methyl sites for hydroxylation is 1. The van der Waals surface area contributed by atoms with E-state index >= 15 is 0 Å². The van der Waals surface area contributed by atoms with Crippen LogP contribution in [0.15, 0.2) is 30.3 Å². The SMILES string of the molecule is Cc1ccc(/C=C/C(=O)N[C@@H](C)C(=O)N[C@H](CCC(=O)NC(CCCCN)C(=O)O)C(N)=O)cc1. The monoisotopic (exact) mass is 489 g/mol. The van der Waals surface area contributed by atoms with Crippen LogP contribution in [0, 0.1) is 6.92 Å². The number of rotatable bonds is 15. The van der Waals surface area contributed by atoms with Gasteiger partial charge in [0.1, 0.15) is 18.1 Å². The van der Waals surface area contributed by atoms with Crippen LogP contribution in [0.1, 0.15) is 50.2 Å². The van der Waals surface area contributed by atoms with Crippen molar-refractivity contribution in [3.63, 3.8) is 0 Å². The van der Waals surface area contributed by atoms with E-state index in [4.69, 9.17) is 11.5 Å². The van der Waals surface area contributed by atoms with Crippen LogP contribution in [-0.4, -0.2) is 59.4 Å². The van der Waals surface area contributed by atoms with Crippen LogP contribution in [-0.2, 0) is 24.0 Å². The fourth-order valence-electron chi connectivity index (χ4n) is 3.05. The Morgan fingerprint density at radius 3 is 2.20 bits per heavy atom. The summed E-state index contributed by atoms with van der Waals surface area (Å²) >= 11 is 0. The van der Waals surface area contributed by atoms with Crippen molar-refractivity contribution in [1.82, 2.24) is 16.0 Å². The molecule has 11 heteroatoms. The molecule has 192 valence electrons. The summed E-state index contributed by atoms with van der Waals surface area (Å²) in [5.74, 6) is -3.78. The molecule has 1 rings (SSSR count). The molecule has 1 unspecified atom stereocenters. The first-order chi connectivity index (χ1) is 16.5. The molecule has 1 aromatic carbocycles. The van der Waals surface area contributed by atoms with E-state index in [1.54, 1.807) is 6.08 Å². The number of carboxylic acids is 1. The highest BCUT2D eigenvalue weighted by molar-refractivity contribution is 5.96. The highest BCUT2D eigenvalue weighted by Gasteiger charge is 2.24. The molecule has 0 saturated heterocycles. The number of carbonyl (C=O) groups excluding carboxylic acids is 4. The molecule has 0 fully saturated rings. The third-order valence-corrected chi connectivity index (χ3v) is 5.16. The summed E-state index contributed by atoms with van der Waals surface area (Å²) in [6.45, 7) is 3.81. The summed E-state index contributed by atoms with van der Waals surface area (Å²) < 4.78 is 0. The Morgan fingerprint density at radius 2 is 1.63 bits per heavy atom. The van der Waals surface area contributed by atoms with Crippen molar-refractivity contribution in [2.24, 2.45) is 11.5 Å². The number of hydrogen-bond donors (Lipinski definition) is 6. The van der Waals surface area contributed by atoms with Gasteiger partial charge < -0.3 is 32.5 Å². The molecular formula is C24H35N5O6. The molecule has 8 N–H and O–H groups in total. The van der Waals surface area contributed by atoms with Crippen molar-refractivity contribution in [1.29, 1.82) is 0 Å². The van der Waals surface area contributed by atoms with Gasteiger partial charge in [-0.05, 0) is 57.7 Å². The summed E-state index contributed by atoms with van der Waals surface area (Å²) in [4.78, 5) is 59.7. The van der Waals surface area contributed by atoms with E-state index in [9.17, 15) is 29.1 Å². The average Bonchev–Trinajstić information content (AvgIpc) is 2.80. The van der Waals surface area contributed by atoms with Crippen molar-refractivity contribution in [3.05, 3.63) is 41.5 Å². The summed E-state index contributed by atoms with van der Waals surface area (Å²) in [6.07, 6.45) is 3.93. The Morgan fingerprint density at radius 1 is 0.971 bits per heavy atom. The number of nitrogens with one attached hydrogen (secondary N) is 3. The molecule has 0 spiro atoms. The highest BCUT2D eigenvalue weighted by atomic mass is 16.4. The van der Waals surface area contributed by atoms with Crippen LogP contribution in [0.5, 0.6) is 0 Å². The van der Waals surface area contributed by atoms with Gasteiger partial charge in [-0.3, -0.25) is 19.2 Å². The Labute approximate surface area is 204 Å². The summed E-state index contributed by atoms with van der Waals surface area (Å²) in [5, 5.41) is 16.5. The van der Waals surface area contributed by atoms with Crippen molar-refractivity contribution < 1.29 is 29.1 Å². The zero-order chi connectivity index (χ0) is 26.4. The number of carboxylic acid groups (broad SMARTS) is 1. The molecule has 35 heavy (non-hydrogen) atoms. The zero-order valence-corrected chi connectivity index (χ0v) is 20.1. The second-order valence-corrected chi connectivity index (χ2v) is 8.22. The third kappa shape index (κ3) is 11.8. The minimum absolute atomic E-state index is 0.129. The molecule has 0 aromatic heterocycles. The van der Waals surface area contributed by atoms with Gasteiger partial charge in [0.15, 0.2) is 0 Å². The number of aliphatic carboxylic acids is 1. The first-order valence-corrected chi connectivity index (χ1v) is 11.4. The summed E-state index contributed by atoms with van der Waals surface area (Å²) in [7, 11) is 0. The van der Waals surface area contributed by atoms with Crippen LogP contribution in [0.2, 0.25) is 0 Å². The van der Waals surface area contributed by atoms with E-state index < -0.39 is 47.7 Å². The van der Waals surface area contributed by atoms with Gasteiger partial charge in [-0.1, -0.05) is 29.8 Å². The van der Waals surface area contributed by atoms with Crippen molar-refractivity contribution in [2.45, 2.75) is 64.1 Å². The van der Waals surface area contributed by atoms with Crippen LogP contribution >= 0.6 is 0 Å². The molecule has 11 nitrogen and oxygen atoms in total. The number of unbranched alkanes of at least 4 members (excludes halogenated alkanes) is 1. The topological polar surface area (TPSA) is 194 Å². The maximum atomic E-state index is 12.4. The smallest absolute Gasteiger partial charge is 0.326 e. The van der Waals surface area contributed by atoms with Crippen LogP contribution in [0.4, 0.5) is 0 Å². The lowest BCUT2D eigenvalue weighted by molar-refractivity contribution is -0.142. The number of primary amides is 1. The minimum atomic E-state index is -1.17. The fraction of sp³-hybridized carbons (Fsp3) is 0.458. The second kappa shape index (κ2) is 15.2. The average molecular weight is 490 g/mol. The normalized spacial score (nSPS) is 13.5. The zero-order valence-electron chi connectivity index (χ0n) is 20.1. The van der Waals surface area contributed by atoms with Crippen molar-refractivity contribution in [2.75, 3.05) is 6.54 Å². The summed E-state index contributed by atoms with van der Waals surface area (Å²) in [5.41, 5.74) is 12.6. The predicted octanol–water partition coefficient (Wildman–Crippen LogP) is -0.0384.